The van der Waals surface area contributed by atoms with Crippen molar-refractivity contribution in [2.24, 2.45) is 0 Å². The normalized spacial score (nSPS) is 12.4. The van der Waals surface area contributed by atoms with Gasteiger partial charge in [0, 0.05) is 11.8 Å². The van der Waals surface area contributed by atoms with Crippen LogP contribution in [0.1, 0.15) is 34.6 Å². The number of hydrogen-bond donors (Lipinski definition) is 2. The van der Waals surface area contributed by atoms with Gasteiger partial charge in [0.05, 0.1) is 17.3 Å². The molecule has 3 aromatic rings. The zero-order valence-corrected chi connectivity index (χ0v) is 15.3. The van der Waals surface area contributed by atoms with E-state index in [0.29, 0.717) is 5.69 Å². The molecule has 0 saturated carbocycles. The number of aromatic nitrogens is 2. The average molecular weight is 402 g/mol. The van der Waals surface area contributed by atoms with Gasteiger partial charge in [0.25, 0.3) is 11.5 Å². The lowest BCUT2D eigenvalue weighted by atomic mass is 10.0. The van der Waals surface area contributed by atoms with Crippen LogP contribution in [-0.2, 0) is 6.18 Å². The predicted octanol–water partition coefficient (Wildman–Crippen LogP) is 3.32. The minimum absolute atomic E-state index is 0.0553. The molecule has 3 N–H and O–H groups in total. The molecule has 9 heteroatoms. The van der Waals surface area contributed by atoms with Crippen molar-refractivity contribution in [1.82, 2.24) is 15.1 Å². The molecule has 0 fully saturated rings. The summed E-state index contributed by atoms with van der Waals surface area (Å²) in [4.78, 5) is 24.6. The summed E-state index contributed by atoms with van der Waals surface area (Å²) >= 11 is 0. The largest absolute Gasteiger partial charge is 0.416 e. The van der Waals surface area contributed by atoms with Crippen LogP contribution in [0.4, 0.5) is 18.9 Å². The second-order valence-electron chi connectivity index (χ2n) is 6.39. The number of carbonyl (C=O) groups excluding carboxylic acids is 1. The monoisotopic (exact) mass is 402 g/mol. The van der Waals surface area contributed by atoms with Crippen molar-refractivity contribution >= 4 is 11.6 Å². The molecule has 2 aromatic carbocycles. The fourth-order valence-electron chi connectivity index (χ4n) is 2.73. The summed E-state index contributed by atoms with van der Waals surface area (Å²) in [6.45, 7) is 1.53. The molecule has 150 valence electrons. The Morgan fingerprint density at radius 2 is 1.79 bits per heavy atom. The van der Waals surface area contributed by atoms with Crippen molar-refractivity contribution < 1.29 is 18.0 Å². The third kappa shape index (κ3) is 4.63. The lowest BCUT2D eigenvalue weighted by molar-refractivity contribution is -0.137. The number of para-hydroxylation sites is 1. The van der Waals surface area contributed by atoms with Gasteiger partial charge in [-0.1, -0.05) is 18.2 Å². The molecule has 0 aliphatic carbocycles. The summed E-state index contributed by atoms with van der Waals surface area (Å²) in [6, 6.07) is 13.3. The van der Waals surface area contributed by atoms with E-state index in [1.54, 1.807) is 30.3 Å². The highest BCUT2D eigenvalue weighted by atomic mass is 19.4. The third-order valence-corrected chi connectivity index (χ3v) is 4.19. The molecule has 0 spiro atoms. The number of benzene rings is 2. The van der Waals surface area contributed by atoms with E-state index in [0.717, 1.165) is 16.8 Å². The molecule has 1 atom stereocenters. The van der Waals surface area contributed by atoms with E-state index < -0.39 is 29.2 Å². The zero-order chi connectivity index (χ0) is 21.2. The van der Waals surface area contributed by atoms with Crippen molar-refractivity contribution in [1.29, 1.82) is 0 Å². The van der Waals surface area contributed by atoms with E-state index in [4.69, 9.17) is 5.73 Å². The summed E-state index contributed by atoms with van der Waals surface area (Å²) < 4.78 is 40.1. The van der Waals surface area contributed by atoms with Crippen molar-refractivity contribution in [3.05, 3.63) is 87.8 Å². The fourth-order valence-corrected chi connectivity index (χ4v) is 2.73. The number of nitrogens with zero attached hydrogens (tertiary/aromatic N) is 2. The number of amides is 1. The smallest absolute Gasteiger partial charge is 0.399 e. The fraction of sp³-hybridized carbons (Fsp3) is 0.150. The quantitative estimate of drug-likeness (QED) is 0.655. The van der Waals surface area contributed by atoms with Crippen LogP contribution >= 0.6 is 0 Å². The Morgan fingerprint density at radius 3 is 2.45 bits per heavy atom. The molecule has 29 heavy (non-hydrogen) atoms. The van der Waals surface area contributed by atoms with Gasteiger partial charge >= 0.3 is 6.18 Å². The Bertz CT molecular complexity index is 1090. The Hall–Kier alpha value is -3.62. The topological polar surface area (TPSA) is 90.0 Å². The Kier molecular flexibility index (Phi) is 5.40. The third-order valence-electron chi connectivity index (χ3n) is 4.19. The van der Waals surface area contributed by atoms with Gasteiger partial charge in [-0.25, -0.2) is 0 Å². The maximum Gasteiger partial charge on any atom is 0.416 e. The number of alkyl halides is 3. The molecular weight excluding hydrogens is 385 g/mol. The molecule has 0 aliphatic heterocycles. The van der Waals surface area contributed by atoms with E-state index in [-0.39, 0.29) is 16.9 Å². The summed E-state index contributed by atoms with van der Waals surface area (Å²) in [5, 5.41) is 6.63. The first-order valence-corrected chi connectivity index (χ1v) is 8.59. The van der Waals surface area contributed by atoms with Gasteiger partial charge in [0.1, 0.15) is 5.69 Å². The highest BCUT2D eigenvalue weighted by molar-refractivity contribution is 5.92. The molecule has 0 bridgehead atoms. The van der Waals surface area contributed by atoms with E-state index in [1.807, 2.05) is 0 Å². The molecule has 1 aromatic heterocycles. The maximum absolute atomic E-state index is 13.0. The van der Waals surface area contributed by atoms with E-state index in [9.17, 15) is 22.8 Å². The van der Waals surface area contributed by atoms with Crippen LogP contribution in [0, 0.1) is 0 Å². The van der Waals surface area contributed by atoms with Gasteiger partial charge in [-0.05, 0) is 48.9 Å². The van der Waals surface area contributed by atoms with Gasteiger partial charge < -0.3 is 11.1 Å². The van der Waals surface area contributed by atoms with Gasteiger partial charge in [0.15, 0.2) is 0 Å². The standard InChI is InChI=1S/C20H17F3N4O2/c1-12(13-9-14(20(21,22)23)11-15(24)10-13)25-19(29)17-7-8-18(28)27(26-17)16-5-3-2-4-6-16/h2-12H,24H2,1H3,(H,25,29). The molecule has 0 saturated heterocycles. The molecule has 3 rings (SSSR count). The molecule has 0 aliphatic rings. The Morgan fingerprint density at radius 1 is 1.10 bits per heavy atom. The first-order chi connectivity index (χ1) is 13.6. The summed E-state index contributed by atoms with van der Waals surface area (Å²) in [5.74, 6) is -0.641. The predicted molar refractivity (Wildman–Crippen MR) is 102 cm³/mol. The number of halogens is 3. The summed E-state index contributed by atoms with van der Waals surface area (Å²) in [7, 11) is 0. The molecule has 1 heterocycles. The Balaban J connectivity index is 1.86. The highest BCUT2D eigenvalue weighted by Crippen LogP contribution is 2.32. The van der Waals surface area contributed by atoms with E-state index >= 15 is 0 Å². The van der Waals surface area contributed by atoms with Crippen LogP contribution in [-0.4, -0.2) is 15.7 Å². The number of rotatable bonds is 4. The summed E-state index contributed by atoms with van der Waals surface area (Å²) in [5.41, 5.74) is 4.81. The van der Waals surface area contributed by atoms with E-state index in [1.165, 1.54) is 25.1 Å². The van der Waals surface area contributed by atoms with Crippen LogP contribution < -0.4 is 16.6 Å². The van der Waals surface area contributed by atoms with Gasteiger partial charge in [-0.2, -0.15) is 23.0 Å². The van der Waals surface area contributed by atoms with Crippen LogP contribution in [0.15, 0.2) is 65.5 Å². The van der Waals surface area contributed by atoms with Crippen molar-refractivity contribution in [3.63, 3.8) is 0 Å². The molecule has 0 radical (unpaired) electrons. The van der Waals surface area contributed by atoms with Crippen molar-refractivity contribution in [2.45, 2.75) is 19.1 Å². The SMILES string of the molecule is CC(NC(=O)c1ccc(=O)n(-c2ccccc2)n1)c1cc(N)cc(C(F)(F)F)c1. The lowest BCUT2D eigenvalue weighted by Crippen LogP contribution is -2.30. The van der Waals surface area contributed by atoms with Crippen LogP contribution in [0.3, 0.4) is 0 Å². The first-order valence-electron chi connectivity index (χ1n) is 8.59. The summed E-state index contributed by atoms with van der Waals surface area (Å²) in [6.07, 6.45) is -4.55. The minimum Gasteiger partial charge on any atom is -0.399 e. The van der Waals surface area contributed by atoms with Crippen molar-refractivity contribution in [2.75, 3.05) is 5.73 Å². The van der Waals surface area contributed by atoms with Crippen molar-refractivity contribution in [3.8, 4) is 5.69 Å². The zero-order valence-electron chi connectivity index (χ0n) is 15.3. The van der Waals surface area contributed by atoms with Crippen LogP contribution in [0.25, 0.3) is 5.69 Å². The molecule has 1 amide bonds. The molecular formula is C20H17F3N4O2. The van der Waals surface area contributed by atoms with Gasteiger partial charge in [-0.3, -0.25) is 9.59 Å². The number of anilines is 1. The van der Waals surface area contributed by atoms with Gasteiger partial charge in [0.2, 0.25) is 0 Å². The average Bonchev–Trinajstić information content (AvgIpc) is 2.67. The molecule has 1 unspecified atom stereocenters. The number of carbonyl (C=O) groups is 1. The maximum atomic E-state index is 13.0. The van der Waals surface area contributed by atoms with Crippen LogP contribution in [0.2, 0.25) is 0 Å². The number of nitrogens with two attached hydrogens (primary N) is 1. The van der Waals surface area contributed by atoms with Crippen LogP contribution in [0.5, 0.6) is 0 Å². The first kappa shape index (κ1) is 20.1. The second kappa shape index (κ2) is 7.78. The number of nitrogen functional groups attached to an aromatic ring is 1. The Labute approximate surface area is 163 Å². The van der Waals surface area contributed by atoms with Gasteiger partial charge in [-0.15, -0.1) is 0 Å². The van der Waals surface area contributed by atoms with E-state index in [2.05, 4.69) is 10.4 Å². The molecule has 6 nitrogen and oxygen atoms in total. The number of nitrogens with one attached hydrogen (secondary N) is 1. The number of hydrogen-bond acceptors (Lipinski definition) is 4. The minimum atomic E-state index is -4.55. The highest BCUT2D eigenvalue weighted by Gasteiger charge is 2.31. The lowest BCUT2D eigenvalue weighted by Gasteiger charge is -2.17. The second-order valence-corrected chi connectivity index (χ2v) is 6.39.